The predicted octanol–water partition coefficient (Wildman–Crippen LogP) is 4.21. The van der Waals surface area contributed by atoms with E-state index in [0.717, 1.165) is 63.4 Å². The van der Waals surface area contributed by atoms with Gasteiger partial charge in [0, 0.05) is 63.6 Å². The zero-order valence-corrected chi connectivity index (χ0v) is 26.4. The van der Waals surface area contributed by atoms with Crippen molar-refractivity contribution in [3.05, 3.63) is 53.2 Å². The van der Waals surface area contributed by atoms with Crippen LogP contribution >= 0.6 is 11.6 Å². The first-order valence-corrected chi connectivity index (χ1v) is 16.8. The van der Waals surface area contributed by atoms with Crippen LogP contribution in [0.5, 0.6) is 17.4 Å². The first kappa shape index (κ1) is 29.7. The van der Waals surface area contributed by atoms with Crippen molar-refractivity contribution in [2.75, 3.05) is 80.7 Å². The summed E-state index contributed by atoms with van der Waals surface area (Å²) in [6, 6.07) is 12.2. The van der Waals surface area contributed by atoms with Crippen LogP contribution in [-0.4, -0.2) is 100 Å². The Morgan fingerprint density at radius 2 is 1.77 bits per heavy atom. The molecule has 3 aliphatic heterocycles. The van der Waals surface area contributed by atoms with Crippen molar-refractivity contribution < 1.29 is 17.9 Å². The molecule has 43 heavy (non-hydrogen) atoms. The number of piperazine rings is 1. The summed E-state index contributed by atoms with van der Waals surface area (Å²) in [6.45, 7) is 6.98. The van der Waals surface area contributed by atoms with Gasteiger partial charge in [-0.1, -0.05) is 23.7 Å². The Morgan fingerprint density at radius 3 is 2.49 bits per heavy atom. The van der Waals surface area contributed by atoms with E-state index in [-0.39, 0.29) is 16.9 Å². The number of ether oxygens (including phenoxy) is 2. The summed E-state index contributed by atoms with van der Waals surface area (Å²) in [6.07, 6.45) is 5.55. The van der Waals surface area contributed by atoms with Crippen molar-refractivity contribution in [3.8, 4) is 17.4 Å². The molecule has 1 N–H and O–H groups in total. The van der Waals surface area contributed by atoms with Crippen molar-refractivity contribution in [2.45, 2.75) is 25.3 Å². The summed E-state index contributed by atoms with van der Waals surface area (Å²) >= 11 is 6.41. The second-order valence-corrected chi connectivity index (χ2v) is 13.7. The molecule has 0 bridgehead atoms. The third-order valence-corrected chi connectivity index (χ3v) is 9.98. The highest BCUT2D eigenvalue weighted by Gasteiger charge is 2.30. The molecule has 2 aromatic carbocycles. The Morgan fingerprint density at radius 1 is 1.00 bits per heavy atom. The van der Waals surface area contributed by atoms with Crippen LogP contribution in [0.2, 0.25) is 5.02 Å². The summed E-state index contributed by atoms with van der Waals surface area (Å²) in [7, 11) is 0.376. The van der Waals surface area contributed by atoms with Crippen LogP contribution in [-0.2, 0) is 16.4 Å². The lowest BCUT2D eigenvalue weighted by Gasteiger charge is -2.42. The molecule has 0 saturated carbocycles. The number of methoxy groups -OCH3 is 1. The third kappa shape index (κ3) is 6.47. The van der Waals surface area contributed by atoms with Gasteiger partial charge in [0.15, 0.2) is 5.75 Å². The van der Waals surface area contributed by atoms with Gasteiger partial charge in [0.05, 0.1) is 30.9 Å². The first-order valence-electron chi connectivity index (χ1n) is 14.6. The Hall–Kier alpha value is -3.32. The molecule has 2 fully saturated rings. The van der Waals surface area contributed by atoms with E-state index in [1.807, 2.05) is 24.3 Å². The minimum Gasteiger partial charge on any atom is -0.494 e. The minimum absolute atomic E-state index is 0.117. The van der Waals surface area contributed by atoms with Gasteiger partial charge in [-0.3, -0.25) is 9.21 Å². The summed E-state index contributed by atoms with van der Waals surface area (Å²) in [5, 5.41) is 3.43. The maximum Gasteiger partial charge on any atom is 0.243 e. The number of rotatable bonds is 8. The van der Waals surface area contributed by atoms with Gasteiger partial charge in [0.25, 0.3) is 0 Å². The molecule has 0 amide bonds. The van der Waals surface area contributed by atoms with Gasteiger partial charge in [0.2, 0.25) is 21.9 Å². The highest BCUT2D eigenvalue weighted by molar-refractivity contribution is 7.92. The van der Waals surface area contributed by atoms with Crippen molar-refractivity contribution in [3.63, 3.8) is 0 Å². The van der Waals surface area contributed by atoms with Gasteiger partial charge in [-0.15, -0.1) is 0 Å². The quantitative estimate of drug-likeness (QED) is 0.391. The molecule has 2 saturated heterocycles. The van der Waals surface area contributed by atoms with Gasteiger partial charge in [-0.05, 0) is 50.1 Å². The summed E-state index contributed by atoms with van der Waals surface area (Å²) in [4.78, 5) is 16.3. The van der Waals surface area contributed by atoms with E-state index in [4.69, 9.17) is 21.1 Å². The van der Waals surface area contributed by atoms with Crippen molar-refractivity contribution in [2.24, 2.45) is 0 Å². The number of nitrogens with one attached hydrogen (secondary N) is 1. The monoisotopic (exact) mass is 627 g/mol. The summed E-state index contributed by atoms with van der Waals surface area (Å²) in [5.74, 6) is 1.42. The van der Waals surface area contributed by atoms with Gasteiger partial charge >= 0.3 is 0 Å². The molecule has 6 rings (SSSR count). The first-order chi connectivity index (χ1) is 20.7. The summed E-state index contributed by atoms with van der Waals surface area (Å²) in [5.41, 5.74) is 3.23. The van der Waals surface area contributed by atoms with Crippen LogP contribution in [0.15, 0.2) is 42.6 Å². The van der Waals surface area contributed by atoms with Crippen LogP contribution in [0.25, 0.3) is 0 Å². The standard InChI is InChI=1S/C30H38ClN7O4S/c1-35-15-17-37(18-16-35)22-10-12-36(13-11-22)23-7-8-25(27(19-23)41-2)33-30-32-20-24(31)29(34-30)42-26-6-4-5-21-9-14-38(28(21)26)43(3,39)40/h4-8,19-20,22H,9-18H2,1-3H3,(H,32,33,34). The number of para-hydroxylation sites is 1. The van der Waals surface area contributed by atoms with E-state index in [0.29, 0.717) is 41.9 Å². The number of benzene rings is 2. The maximum absolute atomic E-state index is 12.4. The number of hydrogen-bond acceptors (Lipinski definition) is 10. The largest absolute Gasteiger partial charge is 0.494 e. The molecule has 4 heterocycles. The van der Waals surface area contributed by atoms with E-state index in [1.54, 1.807) is 13.2 Å². The highest BCUT2D eigenvalue weighted by atomic mass is 35.5. The van der Waals surface area contributed by atoms with E-state index in [1.165, 1.54) is 16.8 Å². The fraction of sp³-hybridized carbons (Fsp3) is 0.467. The van der Waals surface area contributed by atoms with Crippen LogP contribution in [0, 0.1) is 0 Å². The Kier molecular flexibility index (Phi) is 8.54. The number of fused-ring (bicyclic) bond motifs is 1. The van der Waals surface area contributed by atoms with E-state index in [2.05, 4.69) is 43.1 Å². The zero-order valence-electron chi connectivity index (χ0n) is 24.8. The number of aromatic nitrogens is 2. The lowest BCUT2D eigenvalue weighted by atomic mass is 10.0. The lowest BCUT2D eigenvalue weighted by Crippen LogP contribution is -2.52. The predicted molar refractivity (Wildman–Crippen MR) is 170 cm³/mol. The lowest BCUT2D eigenvalue weighted by molar-refractivity contribution is 0.0982. The normalized spacial score (nSPS) is 18.5. The van der Waals surface area contributed by atoms with Crippen LogP contribution < -0.4 is 24.0 Å². The third-order valence-electron chi connectivity index (χ3n) is 8.55. The number of piperidine rings is 1. The molecule has 3 aliphatic rings. The second kappa shape index (κ2) is 12.4. The number of nitrogens with zero attached hydrogens (tertiary/aromatic N) is 6. The van der Waals surface area contributed by atoms with Gasteiger partial charge < -0.3 is 24.6 Å². The van der Waals surface area contributed by atoms with E-state index >= 15 is 0 Å². The van der Waals surface area contributed by atoms with Crippen molar-refractivity contribution in [1.82, 2.24) is 19.8 Å². The maximum atomic E-state index is 12.4. The Balaban J connectivity index is 1.15. The van der Waals surface area contributed by atoms with Gasteiger partial charge in [-0.2, -0.15) is 4.98 Å². The molecule has 3 aromatic rings. The SMILES string of the molecule is COc1cc(N2CCC(N3CCN(C)CC3)CC2)ccc1Nc1ncc(Cl)c(Oc2cccc3c2N(S(C)(=O)=O)CC3)n1. The minimum atomic E-state index is -3.46. The topological polar surface area (TPSA) is 103 Å². The molecule has 0 radical (unpaired) electrons. The molecular weight excluding hydrogens is 590 g/mol. The second-order valence-electron chi connectivity index (χ2n) is 11.4. The van der Waals surface area contributed by atoms with E-state index in [9.17, 15) is 8.42 Å². The van der Waals surface area contributed by atoms with Crippen molar-refractivity contribution >= 4 is 44.6 Å². The van der Waals surface area contributed by atoms with Crippen LogP contribution in [0.1, 0.15) is 18.4 Å². The molecule has 0 spiro atoms. The van der Waals surface area contributed by atoms with Gasteiger partial charge in [0.1, 0.15) is 10.8 Å². The molecule has 0 atom stereocenters. The molecular formula is C30H38ClN7O4S. The molecule has 13 heteroatoms. The van der Waals surface area contributed by atoms with Crippen LogP contribution in [0.4, 0.5) is 23.0 Å². The fourth-order valence-electron chi connectivity index (χ4n) is 6.16. The molecule has 230 valence electrons. The van der Waals surface area contributed by atoms with Crippen molar-refractivity contribution in [1.29, 1.82) is 0 Å². The molecule has 0 aliphatic carbocycles. The molecule has 0 unspecified atom stereocenters. The molecule has 11 nitrogen and oxygen atoms in total. The number of hydrogen-bond donors (Lipinski definition) is 1. The summed E-state index contributed by atoms with van der Waals surface area (Å²) < 4.78 is 38.0. The van der Waals surface area contributed by atoms with Gasteiger partial charge in [-0.25, -0.2) is 13.4 Å². The Bertz CT molecular complexity index is 1570. The number of sulfonamides is 1. The zero-order chi connectivity index (χ0) is 30.1. The average molecular weight is 628 g/mol. The Labute approximate surface area is 258 Å². The number of anilines is 4. The average Bonchev–Trinajstić information content (AvgIpc) is 3.46. The highest BCUT2D eigenvalue weighted by Crippen LogP contribution is 2.42. The number of likely N-dealkylation sites (N-methyl/N-ethyl adjacent to an activating group) is 1. The molecule has 1 aromatic heterocycles. The van der Waals surface area contributed by atoms with E-state index < -0.39 is 10.0 Å². The van der Waals surface area contributed by atoms with Crippen LogP contribution in [0.3, 0.4) is 0 Å². The number of halogens is 1. The smallest absolute Gasteiger partial charge is 0.243 e. The fourth-order valence-corrected chi connectivity index (χ4v) is 7.26.